The number of nitro groups is 1. The van der Waals surface area contributed by atoms with Crippen molar-refractivity contribution >= 4 is 5.69 Å². The lowest BCUT2D eigenvalue weighted by atomic mass is 9.58. The molecular weight excluding hydrogens is 275 g/mol. The Balaban J connectivity index is 2.26. The number of benzene rings is 1. The number of nitrogens with zero attached hydrogens (tertiary/aromatic N) is 1. The van der Waals surface area contributed by atoms with Crippen LogP contribution in [-0.4, -0.2) is 24.1 Å². The molecule has 21 heavy (non-hydrogen) atoms. The van der Waals surface area contributed by atoms with Crippen molar-refractivity contribution in [2.75, 3.05) is 7.05 Å². The zero-order valence-electron chi connectivity index (χ0n) is 12.6. The average molecular weight is 296 g/mol. The summed E-state index contributed by atoms with van der Waals surface area (Å²) in [7, 11) is 1.91. The predicted molar refractivity (Wildman–Crippen MR) is 78.0 cm³/mol. The van der Waals surface area contributed by atoms with Crippen LogP contribution in [0.3, 0.4) is 0 Å². The molecule has 5 nitrogen and oxygen atoms in total. The Morgan fingerprint density at radius 3 is 2.67 bits per heavy atom. The van der Waals surface area contributed by atoms with E-state index < -0.39 is 10.7 Å². The van der Waals surface area contributed by atoms with E-state index in [-0.39, 0.29) is 23.0 Å². The van der Waals surface area contributed by atoms with Crippen LogP contribution < -0.4 is 10.1 Å². The minimum absolute atomic E-state index is 0.0193. The van der Waals surface area contributed by atoms with Crippen LogP contribution >= 0.6 is 0 Å². The lowest BCUT2D eigenvalue weighted by molar-refractivity contribution is -0.386. The maximum absolute atomic E-state index is 13.4. The van der Waals surface area contributed by atoms with Gasteiger partial charge in [0.15, 0.2) is 5.75 Å². The van der Waals surface area contributed by atoms with Gasteiger partial charge in [-0.1, -0.05) is 13.8 Å². The van der Waals surface area contributed by atoms with Crippen molar-refractivity contribution in [1.29, 1.82) is 0 Å². The fourth-order valence-corrected chi connectivity index (χ4v) is 3.40. The average Bonchev–Trinajstić information content (AvgIpc) is 2.44. The van der Waals surface area contributed by atoms with Crippen molar-refractivity contribution in [3.8, 4) is 5.75 Å². The summed E-state index contributed by atoms with van der Waals surface area (Å²) in [4.78, 5) is 10.5. The molecule has 0 bridgehead atoms. The van der Waals surface area contributed by atoms with Crippen molar-refractivity contribution in [3.63, 3.8) is 0 Å². The normalized spacial score (nSPS) is 23.4. The molecule has 1 aromatic rings. The number of halogens is 1. The second kappa shape index (κ2) is 5.97. The van der Waals surface area contributed by atoms with E-state index in [1.54, 1.807) is 0 Å². The first-order valence-corrected chi connectivity index (χ1v) is 7.26. The summed E-state index contributed by atoms with van der Waals surface area (Å²) >= 11 is 0. The molecule has 2 atom stereocenters. The van der Waals surface area contributed by atoms with Crippen LogP contribution in [-0.2, 0) is 0 Å². The number of nitrogens with one attached hydrogen (secondary N) is 1. The summed E-state index contributed by atoms with van der Waals surface area (Å²) < 4.78 is 19.2. The predicted octanol–water partition coefficient (Wildman–Crippen LogP) is 3.28. The van der Waals surface area contributed by atoms with Crippen molar-refractivity contribution in [1.82, 2.24) is 5.32 Å². The highest BCUT2D eigenvalue weighted by molar-refractivity contribution is 5.46. The van der Waals surface area contributed by atoms with E-state index in [9.17, 15) is 14.5 Å². The Kier molecular flexibility index (Phi) is 4.46. The fraction of sp³-hybridized carbons (Fsp3) is 0.600. The number of rotatable bonds is 6. The van der Waals surface area contributed by atoms with Crippen LogP contribution in [0.1, 0.15) is 33.1 Å². The zero-order chi connectivity index (χ0) is 15.6. The largest absolute Gasteiger partial charge is 0.483 e. The van der Waals surface area contributed by atoms with E-state index >= 15 is 0 Å². The van der Waals surface area contributed by atoms with Gasteiger partial charge in [0.2, 0.25) is 0 Å². The zero-order valence-corrected chi connectivity index (χ0v) is 12.6. The molecular formula is C15H21FN2O3. The Morgan fingerprint density at radius 2 is 2.14 bits per heavy atom. The van der Waals surface area contributed by atoms with Crippen LogP contribution in [0, 0.1) is 21.3 Å². The molecule has 0 radical (unpaired) electrons. The first kappa shape index (κ1) is 15.7. The summed E-state index contributed by atoms with van der Waals surface area (Å²) in [5, 5.41) is 14.3. The molecule has 0 heterocycles. The van der Waals surface area contributed by atoms with E-state index in [2.05, 4.69) is 19.2 Å². The molecule has 1 fully saturated rings. The van der Waals surface area contributed by atoms with Crippen molar-refractivity contribution in [3.05, 3.63) is 34.1 Å². The van der Waals surface area contributed by atoms with E-state index in [1.807, 2.05) is 7.05 Å². The molecule has 0 spiro atoms. The monoisotopic (exact) mass is 296 g/mol. The molecule has 1 aromatic carbocycles. The van der Waals surface area contributed by atoms with Gasteiger partial charge in [0.1, 0.15) is 11.9 Å². The minimum atomic E-state index is -0.539. The number of hydrogen-bond acceptors (Lipinski definition) is 4. The van der Waals surface area contributed by atoms with Gasteiger partial charge in [0, 0.05) is 30.0 Å². The van der Waals surface area contributed by atoms with Crippen molar-refractivity contribution in [2.45, 2.75) is 45.3 Å². The third kappa shape index (κ3) is 2.60. The maximum atomic E-state index is 13.4. The molecule has 0 amide bonds. The van der Waals surface area contributed by atoms with E-state index in [0.29, 0.717) is 6.04 Å². The lowest BCUT2D eigenvalue weighted by Gasteiger charge is -2.55. The molecule has 0 aromatic heterocycles. The van der Waals surface area contributed by atoms with Gasteiger partial charge in [-0.05, 0) is 26.0 Å². The van der Waals surface area contributed by atoms with Crippen LogP contribution in [0.4, 0.5) is 10.1 Å². The number of nitro benzene ring substituents is 1. The van der Waals surface area contributed by atoms with Gasteiger partial charge in [-0.15, -0.1) is 0 Å². The molecule has 1 N–H and O–H groups in total. The Labute approximate surface area is 123 Å². The summed E-state index contributed by atoms with van der Waals surface area (Å²) in [6.45, 7) is 4.17. The SMILES string of the molecule is CCC1(CC)C(NC)CC1Oc1cc(F)ccc1[N+](=O)[O-]. The first-order valence-electron chi connectivity index (χ1n) is 7.26. The molecule has 0 aliphatic heterocycles. The van der Waals surface area contributed by atoms with Gasteiger partial charge >= 0.3 is 5.69 Å². The molecule has 2 unspecified atom stereocenters. The Hall–Kier alpha value is -1.69. The highest BCUT2D eigenvalue weighted by Crippen LogP contribution is 2.49. The van der Waals surface area contributed by atoms with Crippen LogP contribution in [0.2, 0.25) is 0 Å². The standard InChI is InChI=1S/C15H21FN2O3/c1-4-15(5-2)13(17-3)9-14(15)21-12-8-10(16)6-7-11(12)18(19)20/h6-8,13-14,17H,4-5,9H2,1-3H3. The highest BCUT2D eigenvalue weighted by Gasteiger charge is 2.54. The molecule has 116 valence electrons. The van der Waals surface area contributed by atoms with Crippen molar-refractivity contribution in [2.24, 2.45) is 5.41 Å². The molecule has 1 saturated carbocycles. The van der Waals surface area contributed by atoms with Crippen LogP contribution in [0.15, 0.2) is 18.2 Å². The van der Waals surface area contributed by atoms with Gasteiger partial charge in [0.25, 0.3) is 0 Å². The van der Waals surface area contributed by atoms with E-state index in [4.69, 9.17) is 4.74 Å². The van der Waals surface area contributed by atoms with Gasteiger partial charge in [-0.25, -0.2) is 4.39 Å². The van der Waals surface area contributed by atoms with E-state index in [1.165, 1.54) is 0 Å². The minimum Gasteiger partial charge on any atom is -0.483 e. The van der Waals surface area contributed by atoms with Crippen LogP contribution in [0.5, 0.6) is 5.75 Å². The molecule has 2 rings (SSSR count). The Morgan fingerprint density at radius 1 is 1.48 bits per heavy atom. The number of hydrogen-bond donors (Lipinski definition) is 1. The van der Waals surface area contributed by atoms with Crippen LogP contribution in [0.25, 0.3) is 0 Å². The molecule has 0 saturated heterocycles. The summed E-state index contributed by atoms with van der Waals surface area (Å²) in [5.41, 5.74) is -0.250. The second-order valence-corrected chi connectivity index (χ2v) is 5.49. The summed E-state index contributed by atoms with van der Waals surface area (Å²) in [6, 6.07) is 3.65. The van der Waals surface area contributed by atoms with Gasteiger partial charge in [-0.2, -0.15) is 0 Å². The second-order valence-electron chi connectivity index (χ2n) is 5.49. The fourth-order valence-electron chi connectivity index (χ4n) is 3.40. The summed E-state index contributed by atoms with van der Waals surface area (Å²) in [5.74, 6) is -0.510. The van der Waals surface area contributed by atoms with Crippen molar-refractivity contribution < 1.29 is 14.1 Å². The van der Waals surface area contributed by atoms with Gasteiger partial charge in [0.05, 0.1) is 4.92 Å². The van der Waals surface area contributed by atoms with E-state index in [0.717, 1.165) is 37.5 Å². The first-order chi connectivity index (χ1) is 9.98. The summed E-state index contributed by atoms with van der Waals surface area (Å²) in [6.07, 6.45) is 2.45. The number of ether oxygens (including phenoxy) is 1. The van der Waals surface area contributed by atoms with Gasteiger partial charge < -0.3 is 10.1 Å². The third-order valence-electron chi connectivity index (χ3n) is 4.84. The smallest absolute Gasteiger partial charge is 0.311 e. The molecule has 1 aliphatic carbocycles. The topological polar surface area (TPSA) is 64.4 Å². The molecule has 1 aliphatic rings. The lowest BCUT2D eigenvalue weighted by Crippen LogP contribution is -2.63. The highest BCUT2D eigenvalue weighted by atomic mass is 19.1. The van der Waals surface area contributed by atoms with Gasteiger partial charge in [-0.3, -0.25) is 10.1 Å². The quantitative estimate of drug-likeness (QED) is 0.646. The third-order valence-corrected chi connectivity index (χ3v) is 4.84. The molecule has 6 heteroatoms. The Bertz CT molecular complexity index is 532. The maximum Gasteiger partial charge on any atom is 0.311 e.